The topological polar surface area (TPSA) is 46.5 Å². The van der Waals surface area contributed by atoms with Gasteiger partial charge >= 0.3 is 0 Å². The van der Waals surface area contributed by atoms with Gasteiger partial charge in [-0.2, -0.15) is 0 Å². The number of rotatable bonds is 3. The SMILES string of the molecule is CC(F)c1ccc(C=O)c(N=O)c1. The van der Waals surface area contributed by atoms with Crippen LogP contribution >= 0.6 is 0 Å². The van der Waals surface area contributed by atoms with E-state index >= 15 is 0 Å². The van der Waals surface area contributed by atoms with Crippen LogP contribution in [0.5, 0.6) is 0 Å². The Kier molecular flexibility index (Phi) is 2.84. The van der Waals surface area contributed by atoms with E-state index in [0.717, 1.165) is 0 Å². The molecule has 1 aromatic rings. The maximum Gasteiger partial charge on any atom is 0.152 e. The minimum absolute atomic E-state index is 0.0167. The predicted molar refractivity (Wildman–Crippen MR) is 46.8 cm³/mol. The zero-order valence-electron chi connectivity index (χ0n) is 7.03. The van der Waals surface area contributed by atoms with Crippen LogP contribution in [0.2, 0.25) is 0 Å². The van der Waals surface area contributed by atoms with E-state index in [-0.39, 0.29) is 11.3 Å². The van der Waals surface area contributed by atoms with Gasteiger partial charge in [0.1, 0.15) is 11.9 Å². The molecule has 0 saturated heterocycles. The number of alkyl halides is 1. The molecule has 0 amide bonds. The van der Waals surface area contributed by atoms with Crippen molar-refractivity contribution < 1.29 is 9.18 Å². The molecule has 1 atom stereocenters. The summed E-state index contributed by atoms with van der Waals surface area (Å²) in [6.45, 7) is 1.35. The van der Waals surface area contributed by atoms with Crippen LogP contribution in [0, 0.1) is 4.91 Å². The zero-order valence-corrected chi connectivity index (χ0v) is 7.03. The molecular formula is C9H8FNO2. The second-order valence-electron chi connectivity index (χ2n) is 2.64. The highest BCUT2D eigenvalue weighted by atomic mass is 19.1. The number of halogens is 1. The van der Waals surface area contributed by atoms with Gasteiger partial charge in [0.25, 0.3) is 0 Å². The van der Waals surface area contributed by atoms with Crippen molar-refractivity contribution in [1.29, 1.82) is 0 Å². The third kappa shape index (κ3) is 1.96. The van der Waals surface area contributed by atoms with Crippen molar-refractivity contribution in [2.75, 3.05) is 0 Å². The lowest BCUT2D eigenvalue weighted by molar-refractivity contribution is 0.112. The minimum Gasteiger partial charge on any atom is -0.298 e. The fourth-order valence-electron chi connectivity index (χ4n) is 0.987. The maximum absolute atomic E-state index is 12.8. The quantitative estimate of drug-likeness (QED) is 0.531. The van der Waals surface area contributed by atoms with Crippen LogP contribution in [0.1, 0.15) is 29.0 Å². The molecule has 0 bridgehead atoms. The number of hydrogen-bond acceptors (Lipinski definition) is 3. The highest BCUT2D eigenvalue weighted by molar-refractivity contribution is 5.83. The van der Waals surface area contributed by atoms with Crippen LogP contribution < -0.4 is 0 Å². The normalized spacial score (nSPS) is 12.2. The van der Waals surface area contributed by atoms with Gasteiger partial charge in [0, 0.05) is 5.56 Å². The molecule has 68 valence electrons. The van der Waals surface area contributed by atoms with E-state index in [4.69, 9.17) is 0 Å². The maximum atomic E-state index is 12.8. The third-order valence-electron chi connectivity index (χ3n) is 1.74. The molecule has 1 rings (SSSR count). The number of hydrogen-bond donors (Lipinski definition) is 0. The van der Waals surface area contributed by atoms with E-state index < -0.39 is 6.17 Å². The lowest BCUT2D eigenvalue weighted by Crippen LogP contribution is -1.87. The summed E-state index contributed by atoms with van der Waals surface area (Å²) in [5, 5.41) is 2.64. The van der Waals surface area contributed by atoms with E-state index in [1.165, 1.54) is 25.1 Å². The Hall–Kier alpha value is -1.58. The Morgan fingerprint density at radius 2 is 2.23 bits per heavy atom. The number of nitroso groups, excluding NO2 is 1. The number of carbonyl (C=O) groups is 1. The molecule has 0 spiro atoms. The molecule has 13 heavy (non-hydrogen) atoms. The van der Waals surface area contributed by atoms with Gasteiger partial charge in [0.2, 0.25) is 0 Å². The van der Waals surface area contributed by atoms with Crippen molar-refractivity contribution in [3.05, 3.63) is 34.2 Å². The standard InChI is InChI=1S/C9H8FNO2/c1-6(10)7-2-3-8(5-12)9(4-7)11-13/h2-6H,1H3. The van der Waals surface area contributed by atoms with Crippen LogP contribution in [0.15, 0.2) is 23.4 Å². The average molecular weight is 181 g/mol. The van der Waals surface area contributed by atoms with Crippen LogP contribution in [0.4, 0.5) is 10.1 Å². The Balaban J connectivity index is 3.20. The molecule has 4 heteroatoms. The molecular weight excluding hydrogens is 173 g/mol. The van der Waals surface area contributed by atoms with Crippen molar-refractivity contribution in [2.24, 2.45) is 5.18 Å². The Morgan fingerprint density at radius 3 is 2.69 bits per heavy atom. The van der Waals surface area contributed by atoms with E-state index in [2.05, 4.69) is 5.18 Å². The first-order valence-electron chi connectivity index (χ1n) is 3.75. The van der Waals surface area contributed by atoms with Gasteiger partial charge in [-0.25, -0.2) is 4.39 Å². The highest BCUT2D eigenvalue weighted by Gasteiger charge is 2.07. The third-order valence-corrected chi connectivity index (χ3v) is 1.74. The van der Waals surface area contributed by atoms with Crippen LogP contribution in [0.25, 0.3) is 0 Å². The molecule has 1 unspecified atom stereocenters. The summed E-state index contributed by atoms with van der Waals surface area (Å²) < 4.78 is 12.8. The highest BCUT2D eigenvalue weighted by Crippen LogP contribution is 2.24. The van der Waals surface area contributed by atoms with E-state index in [0.29, 0.717) is 11.8 Å². The van der Waals surface area contributed by atoms with Crippen molar-refractivity contribution in [3.63, 3.8) is 0 Å². The predicted octanol–water partition coefficient (Wildman–Crippen LogP) is 2.93. The van der Waals surface area contributed by atoms with Crippen molar-refractivity contribution in [1.82, 2.24) is 0 Å². The largest absolute Gasteiger partial charge is 0.298 e. The number of aldehydes is 1. The molecule has 0 radical (unpaired) electrons. The van der Waals surface area contributed by atoms with Gasteiger partial charge < -0.3 is 0 Å². The first-order chi connectivity index (χ1) is 6.19. The molecule has 0 N–H and O–H groups in total. The molecule has 0 saturated carbocycles. The van der Waals surface area contributed by atoms with Crippen LogP contribution in [-0.4, -0.2) is 6.29 Å². The molecule has 0 fully saturated rings. The second-order valence-corrected chi connectivity index (χ2v) is 2.64. The van der Waals surface area contributed by atoms with Gasteiger partial charge in [-0.3, -0.25) is 4.79 Å². The molecule has 1 aromatic carbocycles. The molecule has 3 nitrogen and oxygen atoms in total. The summed E-state index contributed by atoms with van der Waals surface area (Å²) in [6, 6.07) is 4.12. The van der Waals surface area contributed by atoms with Gasteiger partial charge in [-0.05, 0) is 29.8 Å². The van der Waals surface area contributed by atoms with Crippen molar-refractivity contribution >= 4 is 12.0 Å². The number of nitrogens with zero attached hydrogens (tertiary/aromatic N) is 1. The van der Waals surface area contributed by atoms with E-state index in [1.54, 1.807) is 0 Å². The molecule has 0 aliphatic carbocycles. The molecule has 0 aliphatic rings. The lowest BCUT2D eigenvalue weighted by Gasteiger charge is -2.02. The van der Waals surface area contributed by atoms with Gasteiger partial charge in [0.05, 0.1) is 0 Å². The first kappa shape index (κ1) is 9.51. The monoisotopic (exact) mass is 181 g/mol. The summed E-state index contributed by atoms with van der Waals surface area (Å²) >= 11 is 0. The summed E-state index contributed by atoms with van der Waals surface area (Å²) in [6.07, 6.45) is -0.648. The average Bonchev–Trinajstić information content (AvgIpc) is 2.16. The fraction of sp³-hybridized carbons (Fsp3) is 0.222. The molecule has 0 heterocycles. The smallest absolute Gasteiger partial charge is 0.152 e. The fourth-order valence-corrected chi connectivity index (χ4v) is 0.987. The summed E-state index contributed by atoms with van der Waals surface area (Å²) in [5.74, 6) is 0. The molecule has 0 aliphatic heterocycles. The Bertz CT molecular complexity index is 336. The van der Waals surface area contributed by atoms with Crippen molar-refractivity contribution in [3.8, 4) is 0 Å². The van der Waals surface area contributed by atoms with Gasteiger partial charge in [-0.1, -0.05) is 6.07 Å². The summed E-state index contributed by atoms with van der Waals surface area (Å²) in [5.41, 5.74) is 0.511. The van der Waals surface area contributed by atoms with E-state index in [1.807, 2.05) is 0 Å². The second kappa shape index (κ2) is 3.89. The number of carbonyl (C=O) groups excluding carboxylic acids is 1. The number of benzene rings is 1. The van der Waals surface area contributed by atoms with E-state index in [9.17, 15) is 14.1 Å². The lowest BCUT2D eigenvalue weighted by atomic mass is 10.1. The van der Waals surface area contributed by atoms with Crippen molar-refractivity contribution in [2.45, 2.75) is 13.1 Å². The van der Waals surface area contributed by atoms with Crippen LogP contribution in [0.3, 0.4) is 0 Å². The van der Waals surface area contributed by atoms with Gasteiger partial charge in [0.15, 0.2) is 6.29 Å². The molecule has 0 aromatic heterocycles. The first-order valence-corrected chi connectivity index (χ1v) is 3.75. The minimum atomic E-state index is -1.17. The zero-order chi connectivity index (χ0) is 9.84. The summed E-state index contributed by atoms with van der Waals surface area (Å²) in [7, 11) is 0. The van der Waals surface area contributed by atoms with Gasteiger partial charge in [-0.15, -0.1) is 4.91 Å². The summed E-state index contributed by atoms with van der Waals surface area (Å²) in [4.78, 5) is 20.6. The van der Waals surface area contributed by atoms with Crippen LogP contribution in [-0.2, 0) is 0 Å². The Morgan fingerprint density at radius 1 is 1.54 bits per heavy atom. The Labute approximate surface area is 74.5 Å².